The Balaban J connectivity index is 2.94. The molecule has 1 rings (SSSR count). The number of pyridine rings is 1. The quantitative estimate of drug-likeness (QED) is 0.608. The molecule has 0 amide bonds. The van der Waals surface area contributed by atoms with Crippen molar-refractivity contribution in [2.75, 3.05) is 6.54 Å². The molecule has 0 aromatic carbocycles. The van der Waals surface area contributed by atoms with Crippen LogP contribution in [0.25, 0.3) is 0 Å². The first-order chi connectivity index (χ1) is 6.56. The lowest BCUT2D eigenvalue weighted by Crippen LogP contribution is -2.23. The van der Waals surface area contributed by atoms with Crippen LogP contribution in [0.1, 0.15) is 0 Å². The molecule has 0 aliphatic heterocycles. The maximum Gasteiger partial charge on any atom is 0.243 e. The summed E-state index contributed by atoms with van der Waals surface area (Å²) in [5, 5.41) is 8.42. The Morgan fingerprint density at radius 2 is 2.29 bits per heavy atom. The third-order valence-electron chi connectivity index (χ3n) is 1.35. The van der Waals surface area contributed by atoms with Crippen LogP contribution in [0, 0.1) is 11.3 Å². The van der Waals surface area contributed by atoms with E-state index in [2.05, 4.69) is 9.71 Å². The van der Waals surface area contributed by atoms with Crippen molar-refractivity contribution in [2.24, 2.45) is 0 Å². The molecule has 0 unspecified atom stereocenters. The summed E-state index contributed by atoms with van der Waals surface area (Å²) in [5.41, 5.74) is 0. The van der Waals surface area contributed by atoms with E-state index in [-0.39, 0.29) is 16.6 Å². The normalized spacial score (nSPS) is 10.9. The van der Waals surface area contributed by atoms with Crippen LogP contribution in [0.15, 0.2) is 23.2 Å². The van der Waals surface area contributed by atoms with Crippen molar-refractivity contribution in [3.8, 4) is 6.07 Å². The number of hydrogen-bond acceptors (Lipinski definition) is 4. The van der Waals surface area contributed by atoms with Gasteiger partial charge in [0.05, 0.1) is 12.6 Å². The molecular formula is C7H6ClN3O2S. The number of halogens is 1. The van der Waals surface area contributed by atoms with E-state index < -0.39 is 10.0 Å². The molecule has 0 saturated carbocycles. The number of nitrogens with one attached hydrogen (secondary N) is 1. The molecule has 1 aromatic rings. The molecule has 7 heteroatoms. The average molecular weight is 232 g/mol. The first kappa shape index (κ1) is 10.9. The Hall–Kier alpha value is -1.16. The topological polar surface area (TPSA) is 82.9 Å². The molecule has 74 valence electrons. The largest absolute Gasteiger partial charge is 0.243 e. The van der Waals surface area contributed by atoms with E-state index in [1.165, 1.54) is 12.1 Å². The standard InChI is InChI=1S/C7H6ClN3O2S/c8-7-2-1-6(5-10-7)14(12,13)11-4-3-9/h1-2,5,11H,4H2. The number of sulfonamides is 1. The molecule has 1 N–H and O–H groups in total. The Kier molecular flexibility index (Phi) is 3.41. The first-order valence-corrected chi connectivity index (χ1v) is 5.40. The van der Waals surface area contributed by atoms with E-state index in [0.717, 1.165) is 6.20 Å². The van der Waals surface area contributed by atoms with Crippen LogP contribution in [0.5, 0.6) is 0 Å². The van der Waals surface area contributed by atoms with Gasteiger partial charge in [-0.1, -0.05) is 11.6 Å². The van der Waals surface area contributed by atoms with Crippen LogP contribution in [0.2, 0.25) is 5.15 Å². The van der Waals surface area contributed by atoms with Crippen LogP contribution in [0.3, 0.4) is 0 Å². The minimum atomic E-state index is -3.63. The molecule has 0 bridgehead atoms. The summed E-state index contributed by atoms with van der Waals surface area (Å²) in [4.78, 5) is 3.60. The van der Waals surface area contributed by atoms with E-state index in [1.807, 2.05) is 0 Å². The molecule has 0 spiro atoms. The van der Waals surface area contributed by atoms with Crippen molar-refractivity contribution in [1.82, 2.24) is 9.71 Å². The lowest BCUT2D eigenvalue weighted by atomic mass is 10.5. The minimum absolute atomic E-state index is 0.0165. The van der Waals surface area contributed by atoms with Crippen LogP contribution in [-0.4, -0.2) is 19.9 Å². The summed E-state index contributed by atoms with van der Waals surface area (Å²) in [6.07, 6.45) is 1.13. The predicted octanol–water partition coefficient (Wildman–Crippen LogP) is 0.537. The monoisotopic (exact) mass is 231 g/mol. The lowest BCUT2D eigenvalue weighted by Gasteiger charge is -2.01. The number of hydrogen-bond donors (Lipinski definition) is 1. The zero-order valence-corrected chi connectivity index (χ0v) is 8.51. The molecule has 0 atom stereocenters. The van der Waals surface area contributed by atoms with Gasteiger partial charge in [0.1, 0.15) is 10.0 Å². The highest BCUT2D eigenvalue weighted by Gasteiger charge is 2.12. The third kappa shape index (κ3) is 2.67. The molecule has 1 heterocycles. The number of aromatic nitrogens is 1. The van der Waals surface area contributed by atoms with Crippen molar-refractivity contribution < 1.29 is 8.42 Å². The van der Waals surface area contributed by atoms with E-state index in [0.29, 0.717) is 0 Å². The van der Waals surface area contributed by atoms with Gasteiger partial charge in [0.15, 0.2) is 0 Å². The van der Waals surface area contributed by atoms with Gasteiger partial charge in [0, 0.05) is 6.20 Å². The van der Waals surface area contributed by atoms with Crippen LogP contribution in [0.4, 0.5) is 0 Å². The number of nitrogens with zero attached hydrogens (tertiary/aromatic N) is 2. The Bertz CT molecular complexity index is 449. The maximum absolute atomic E-state index is 11.4. The SMILES string of the molecule is N#CCNS(=O)(=O)c1ccc(Cl)nc1. The summed E-state index contributed by atoms with van der Waals surface area (Å²) in [5.74, 6) is 0. The summed E-state index contributed by atoms with van der Waals surface area (Å²) in [7, 11) is -3.63. The van der Waals surface area contributed by atoms with E-state index in [9.17, 15) is 8.42 Å². The van der Waals surface area contributed by atoms with Crippen molar-refractivity contribution in [1.29, 1.82) is 5.26 Å². The van der Waals surface area contributed by atoms with E-state index in [1.54, 1.807) is 6.07 Å². The molecule has 5 nitrogen and oxygen atoms in total. The molecule has 0 aliphatic rings. The smallest absolute Gasteiger partial charge is 0.243 e. The Morgan fingerprint density at radius 1 is 1.57 bits per heavy atom. The third-order valence-corrected chi connectivity index (χ3v) is 2.96. The van der Waals surface area contributed by atoms with Crippen molar-refractivity contribution in [2.45, 2.75) is 4.90 Å². The second-order valence-electron chi connectivity index (χ2n) is 2.30. The minimum Gasteiger partial charge on any atom is -0.243 e. The zero-order valence-electron chi connectivity index (χ0n) is 6.94. The van der Waals surface area contributed by atoms with Crippen LogP contribution >= 0.6 is 11.6 Å². The highest BCUT2D eigenvalue weighted by molar-refractivity contribution is 7.89. The van der Waals surface area contributed by atoms with Gasteiger partial charge in [-0.2, -0.15) is 9.98 Å². The molecule has 0 fully saturated rings. The van der Waals surface area contributed by atoms with Crippen LogP contribution in [-0.2, 0) is 10.0 Å². The fourth-order valence-corrected chi connectivity index (χ4v) is 1.70. The summed E-state index contributed by atoms with van der Waals surface area (Å²) < 4.78 is 24.8. The van der Waals surface area contributed by atoms with E-state index in [4.69, 9.17) is 16.9 Å². The molecular weight excluding hydrogens is 226 g/mol. The van der Waals surface area contributed by atoms with Crippen molar-refractivity contribution in [3.63, 3.8) is 0 Å². The van der Waals surface area contributed by atoms with Crippen molar-refractivity contribution in [3.05, 3.63) is 23.5 Å². The highest BCUT2D eigenvalue weighted by Crippen LogP contribution is 2.09. The van der Waals surface area contributed by atoms with Crippen LogP contribution < -0.4 is 4.72 Å². The molecule has 0 saturated heterocycles. The van der Waals surface area contributed by atoms with Gasteiger partial charge in [-0.25, -0.2) is 13.4 Å². The Morgan fingerprint density at radius 3 is 2.79 bits per heavy atom. The van der Waals surface area contributed by atoms with E-state index >= 15 is 0 Å². The van der Waals surface area contributed by atoms with Crippen molar-refractivity contribution >= 4 is 21.6 Å². The number of rotatable bonds is 3. The van der Waals surface area contributed by atoms with Gasteiger partial charge in [-0.05, 0) is 12.1 Å². The van der Waals surface area contributed by atoms with Gasteiger partial charge >= 0.3 is 0 Å². The van der Waals surface area contributed by atoms with Gasteiger partial charge < -0.3 is 0 Å². The molecule has 14 heavy (non-hydrogen) atoms. The summed E-state index contributed by atoms with van der Waals surface area (Å²) in [6.45, 7) is -0.273. The molecule has 1 aromatic heterocycles. The fourth-order valence-electron chi connectivity index (χ4n) is 0.732. The fraction of sp³-hybridized carbons (Fsp3) is 0.143. The summed E-state index contributed by atoms with van der Waals surface area (Å²) >= 11 is 5.49. The lowest BCUT2D eigenvalue weighted by molar-refractivity contribution is 0.585. The highest BCUT2D eigenvalue weighted by atomic mass is 35.5. The first-order valence-electron chi connectivity index (χ1n) is 3.54. The molecule has 0 aliphatic carbocycles. The zero-order chi connectivity index (χ0) is 10.6. The second kappa shape index (κ2) is 4.37. The van der Waals surface area contributed by atoms with Gasteiger partial charge in [-0.15, -0.1) is 0 Å². The van der Waals surface area contributed by atoms with Gasteiger partial charge in [-0.3, -0.25) is 0 Å². The molecule has 0 radical (unpaired) electrons. The average Bonchev–Trinajstić information content (AvgIpc) is 2.16. The van der Waals surface area contributed by atoms with Gasteiger partial charge in [0.2, 0.25) is 10.0 Å². The summed E-state index contributed by atoms with van der Waals surface area (Å²) in [6, 6.07) is 4.35. The number of nitriles is 1. The maximum atomic E-state index is 11.4. The Labute approximate surface area is 86.4 Å². The predicted molar refractivity (Wildman–Crippen MR) is 50.0 cm³/mol. The second-order valence-corrected chi connectivity index (χ2v) is 4.45. The van der Waals surface area contributed by atoms with Gasteiger partial charge in [0.25, 0.3) is 0 Å².